The summed E-state index contributed by atoms with van der Waals surface area (Å²) >= 11 is 0. The van der Waals surface area contributed by atoms with Gasteiger partial charge in [0.2, 0.25) is 0 Å². The first kappa shape index (κ1) is 15.5. The van der Waals surface area contributed by atoms with Gasteiger partial charge in [-0.2, -0.15) is 8.78 Å². The lowest BCUT2D eigenvalue weighted by Gasteiger charge is -2.23. The van der Waals surface area contributed by atoms with Crippen molar-refractivity contribution in [3.8, 4) is 5.75 Å². The molecule has 0 bridgehead atoms. The number of alkyl halides is 2. The summed E-state index contributed by atoms with van der Waals surface area (Å²) < 4.78 is 28.6. The SMILES string of the molecule is O=C(c1ccc(OC(F)F)cc1)N(Cc1ccccc1)C1CC1. The van der Waals surface area contributed by atoms with Gasteiger partial charge >= 0.3 is 6.61 Å². The molecule has 1 aliphatic carbocycles. The number of halogens is 2. The van der Waals surface area contributed by atoms with Crippen LogP contribution in [0.4, 0.5) is 8.78 Å². The Labute approximate surface area is 133 Å². The molecule has 2 aromatic rings. The highest BCUT2D eigenvalue weighted by molar-refractivity contribution is 5.94. The van der Waals surface area contributed by atoms with E-state index in [1.165, 1.54) is 24.3 Å². The lowest BCUT2D eigenvalue weighted by molar-refractivity contribution is -0.0498. The number of hydrogen-bond acceptors (Lipinski definition) is 2. The van der Waals surface area contributed by atoms with Crippen molar-refractivity contribution in [2.75, 3.05) is 0 Å². The number of amides is 1. The highest BCUT2D eigenvalue weighted by Crippen LogP contribution is 2.30. The van der Waals surface area contributed by atoms with Crippen LogP contribution in [0.25, 0.3) is 0 Å². The van der Waals surface area contributed by atoms with Crippen LogP contribution in [0.15, 0.2) is 54.6 Å². The van der Waals surface area contributed by atoms with Gasteiger partial charge in [0.25, 0.3) is 5.91 Å². The summed E-state index contributed by atoms with van der Waals surface area (Å²) in [6.07, 6.45) is 2.01. The van der Waals surface area contributed by atoms with Crippen LogP contribution >= 0.6 is 0 Å². The first-order chi connectivity index (χ1) is 11.1. The van der Waals surface area contributed by atoms with Crippen molar-refractivity contribution in [1.29, 1.82) is 0 Å². The average Bonchev–Trinajstić information content (AvgIpc) is 3.38. The molecule has 0 atom stereocenters. The lowest BCUT2D eigenvalue weighted by Crippen LogP contribution is -2.32. The summed E-state index contributed by atoms with van der Waals surface area (Å²) in [7, 11) is 0. The Morgan fingerprint density at radius 1 is 1.09 bits per heavy atom. The third kappa shape index (κ3) is 4.06. The summed E-state index contributed by atoms with van der Waals surface area (Å²) in [5.41, 5.74) is 1.56. The van der Waals surface area contributed by atoms with Crippen LogP contribution in [-0.2, 0) is 6.54 Å². The zero-order chi connectivity index (χ0) is 16.2. The van der Waals surface area contributed by atoms with E-state index in [0.717, 1.165) is 18.4 Å². The van der Waals surface area contributed by atoms with E-state index in [2.05, 4.69) is 4.74 Å². The minimum absolute atomic E-state index is 0.0533. The van der Waals surface area contributed by atoms with Gasteiger partial charge in [0, 0.05) is 18.2 Å². The van der Waals surface area contributed by atoms with E-state index in [4.69, 9.17) is 0 Å². The molecule has 3 nitrogen and oxygen atoms in total. The Balaban J connectivity index is 1.73. The van der Waals surface area contributed by atoms with Gasteiger partial charge in [-0.05, 0) is 42.7 Å². The minimum Gasteiger partial charge on any atom is -0.435 e. The standard InChI is InChI=1S/C18H17F2NO2/c19-18(20)23-16-10-6-14(7-11-16)17(22)21(15-8-9-15)12-13-4-2-1-3-5-13/h1-7,10-11,15,18H,8-9,12H2. The molecule has 0 unspecified atom stereocenters. The second kappa shape index (κ2) is 6.77. The summed E-state index contributed by atoms with van der Waals surface area (Å²) in [5.74, 6) is -0.0301. The molecule has 0 radical (unpaired) electrons. The predicted molar refractivity (Wildman–Crippen MR) is 82.4 cm³/mol. The average molecular weight is 317 g/mol. The van der Waals surface area contributed by atoms with Gasteiger partial charge < -0.3 is 9.64 Å². The molecule has 0 spiro atoms. The Morgan fingerprint density at radius 2 is 1.74 bits per heavy atom. The number of ether oxygens (including phenoxy) is 1. The molecule has 0 saturated heterocycles. The monoisotopic (exact) mass is 317 g/mol. The fraction of sp³-hybridized carbons (Fsp3) is 0.278. The third-order valence-corrected chi connectivity index (χ3v) is 3.77. The van der Waals surface area contributed by atoms with E-state index in [0.29, 0.717) is 12.1 Å². The van der Waals surface area contributed by atoms with Crippen LogP contribution in [0.2, 0.25) is 0 Å². The van der Waals surface area contributed by atoms with Crippen molar-refractivity contribution in [2.45, 2.75) is 32.0 Å². The molecule has 3 rings (SSSR count). The minimum atomic E-state index is -2.86. The molecule has 1 aliphatic rings. The molecule has 0 aliphatic heterocycles. The Hall–Kier alpha value is -2.43. The molecule has 1 amide bonds. The molecule has 0 heterocycles. The molecule has 0 aromatic heterocycles. The molecule has 0 N–H and O–H groups in total. The molecule has 2 aromatic carbocycles. The number of rotatable bonds is 6. The molecule has 23 heavy (non-hydrogen) atoms. The van der Waals surface area contributed by atoms with Crippen molar-refractivity contribution in [2.24, 2.45) is 0 Å². The van der Waals surface area contributed by atoms with Crippen molar-refractivity contribution in [3.63, 3.8) is 0 Å². The van der Waals surface area contributed by atoms with Gasteiger partial charge in [-0.15, -0.1) is 0 Å². The fourth-order valence-corrected chi connectivity index (χ4v) is 2.48. The smallest absolute Gasteiger partial charge is 0.387 e. The van der Waals surface area contributed by atoms with Gasteiger partial charge in [0.05, 0.1) is 0 Å². The molecular weight excluding hydrogens is 300 g/mol. The van der Waals surface area contributed by atoms with Crippen LogP contribution in [0, 0.1) is 0 Å². The van der Waals surface area contributed by atoms with Gasteiger partial charge in [-0.1, -0.05) is 30.3 Å². The predicted octanol–water partition coefficient (Wildman–Crippen LogP) is 4.09. The largest absolute Gasteiger partial charge is 0.435 e. The number of carbonyl (C=O) groups is 1. The zero-order valence-corrected chi connectivity index (χ0v) is 12.5. The first-order valence-corrected chi connectivity index (χ1v) is 7.53. The fourth-order valence-electron chi connectivity index (χ4n) is 2.48. The summed E-state index contributed by atoms with van der Waals surface area (Å²) in [4.78, 5) is 14.5. The van der Waals surface area contributed by atoms with Crippen molar-refractivity contribution >= 4 is 5.91 Å². The van der Waals surface area contributed by atoms with E-state index in [9.17, 15) is 13.6 Å². The maximum atomic E-state index is 12.7. The highest BCUT2D eigenvalue weighted by Gasteiger charge is 2.33. The Morgan fingerprint density at radius 3 is 2.30 bits per heavy atom. The first-order valence-electron chi connectivity index (χ1n) is 7.53. The van der Waals surface area contributed by atoms with Crippen molar-refractivity contribution < 1.29 is 18.3 Å². The quantitative estimate of drug-likeness (QED) is 0.803. The van der Waals surface area contributed by atoms with E-state index in [-0.39, 0.29) is 17.7 Å². The normalized spacial score (nSPS) is 13.9. The molecule has 120 valence electrons. The van der Waals surface area contributed by atoms with Gasteiger partial charge in [-0.3, -0.25) is 4.79 Å². The molecule has 5 heteroatoms. The molecular formula is C18H17F2NO2. The molecule has 1 fully saturated rings. The second-order valence-electron chi connectivity index (χ2n) is 5.55. The Bertz CT molecular complexity index is 654. The number of benzene rings is 2. The van der Waals surface area contributed by atoms with Gasteiger partial charge in [0.15, 0.2) is 0 Å². The summed E-state index contributed by atoms with van der Waals surface area (Å²) in [6.45, 7) is -2.31. The van der Waals surface area contributed by atoms with Crippen molar-refractivity contribution in [1.82, 2.24) is 4.90 Å². The van der Waals surface area contributed by atoms with E-state index >= 15 is 0 Å². The van der Waals surface area contributed by atoms with Crippen molar-refractivity contribution in [3.05, 3.63) is 65.7 Å². The second-order valence-corrected chi connectivity index (χ2v) is 5.55. The third-order valence-electron chi connectivity index (χ3n) is 3.77. The van der Waals surface area contributed by atoms with Crippen LogP contribution in [-0.4, -0.2) is 23.5 Å². The van der Waals surface area contributed by atoms with Crippen LogP contribution < -0.4 is 4.74 Å². The summed E-state index contributed by atoms with van der Waals surface area (Å²) in [6, 6.07) is 15.9. The number of hydrogen-bond donors (Lipinski definition) is 0. The van der Waals surface area contributed by atoms with E-state index < -0.39 is 6.61 Å². The van der Waals surface area contributed by atoms with Gasteiger partial charge in [0.1, 0.15) is 5.75 Å². The van der Waals surface area contributed by atoms with E-state index in [1.807, 2.05) is 35.2 Å². The number of nitrogens with zero attached hydrogens (tertiary/aromatic N) is 1. The van der Waals surface area contributed by atoms with Crippen LogP contribution in [0.5, 0.6) is 5.75 Å². The topological polar surface area (TPSA) is 29.5 Å². The lowest BCUT2D eigenvalue weighted by atomic mass is 10.1. The molecule has 1 saturated carbocycles. The maximum absolute atomic E-state index is 12.7. The van der Waals surface area contributed by atoms with Crippen LogP contribution in [0.3, 0.4) is 0 Å². The van der Waals surface area contributed by atoms with Crippen LogP contribution in [0.1, 0.15) is 28.8 Å². The number of carbonyl (C=O) groups excluding carboxylic acids is 1. The van der Waals surface area contributed by atoms with Gasteiger partial charge in [-0.25, -0.2) is 0 Å². The Kier molecular flexibility index (Phi) is 4.55. The highest BCUT2D eigenvalue weighted by atomic mass is 19.3. The zero-order valence-electron chi connectivity index (χ0n) is 12.5. The van der Waals surface area contributed by atoms with E-state index in [1.54, 1.807) is 0 Å². The maximum Gasteiger partial charge on any atom is 0.387 e. The summed E-state index contributed by atoms with van der Waals surface area (Å²) in [5, 5.41) is 0.